The van der Waals surface area contributed by atoms with Crippen molar-refractivity contribution in [1.82, 2.24) is 0 Å². The Morgan fingerprint density at radius 3 is 2.27 bits per heavy atom. The summed E-state index contributed by atoms with van der Waals surface area (Å²) in [6.07, 6.45) is 1.16. The molecule has 0 bridgehead atoms. The van der Waals surface area contributed by atoms with Gasteiger partial charge < -0.3 is 0 Å². The van der Waals surface area contributed by atoms with Gasteiger partial charge in [-0.15, -0.1) is 0 Å². The van der Waals surface area contributed by atoms with E-state index in [0.717, 1.165) is 17.0 Å². The second-order valence-electron chi connectivity index (χ2n) is 4.64. The van der Waals surface area contributed by atoms with Crippen LogP contribution in [0.3, 0.4) is 0 Å². The third kappa shape index (κ3) is 2.40. The normalized spacial score (nSPS) is 14.5. The minimum absolute atomic E-state index is 0.144. The van der Waals surface area contributed by atoms with Gasteiger partial charge in [-0.3, -0.25) is 9.59 Å². The van der Waals surface area contributed by atoms with E-state index in [1.807, 2.05) is 0 Å². The van der Waals surface area contributed by atoms with Crippen molar-refractivity contribution < 1.29 is 18.4 Å². The Bertz CT molecular complexity index is 815. The number of halogens is 3. The van der Waals surface area contributed by atoms with Crippen LogP contribution in [0, 0.1) is 11.6 Å². The Morgan fingerprint density at radius 2 is 1.64 bits per heavy atom. The van der Waals surface area contributed by atoms with Crippen LogP contribution in [0.1, 0.15) is 5.56 Å². The van der Waals surface area contributed by atoms with Gasteiger partial charge in [0.05, 0.1) is 16.3 Å². The highest BCUT2D eigenvalue weighted by Crippen LogP contribution is 2.30. The molecule has 0 fully saturated rings. The van der Waals surface area contributed by atoms with Crippen molar-refractivity contribution in [2.45, 2.75) is 0 Å². The monoisotopic (exact) mass is 319 g/mol. The SMILES string of the molecule is O=C1C=C(c2ccc(F)cc2)C(=O)N1c1ccc(F)c(Cl)c1. The van der Waals surface area contributed by atoms with Gasteiger partial charge in [0.1, 0.15) is 11.6 Å². The summed E-state index contributed by atoms with van der Waals surface area (Å²) in [5.74, 6) is -2.22. The van der Waals surface area contributed by atoms with Crippen molar-refractivity contribution in [1.29, 1.82) is 0 Å². The third-order valence-electron chi connectivity index (χ3n) is 3.24. The van der Waals surface area contributed by atoms with Crippen LogP contribution < -0.4 is 4.90 Å². The lowest BCUT2D eigenvalue weighted by molar-refractivity contribution is -0.119. The molecule has 0 aliphatic carbocycles. The fourth-order valence-corrected chi connectivity index (χ4v) is 2.35. The molecule has 3 rings (SSSR count). The lowest BCUT2D eigenvalue weighted by atomic mass is 10.1. The fourth-order valence-electron chi connectivity index (χ4n) is 2.18. The zero-order valence-corrected chi connectivity index (χ0v) is 11.8. The summed E-state index contributed by atoms with van der Waals surface area (Å²) >= 11 is 5.68. The first kappa shape index (κ1) is 14.4. The van der Waals surface area contributed by atoms with Crippen molar-refractivity contribution >= 4 is 34.7 Å². The maximum atomic E-state index is 13.2. The van der Waals surface area contributed by atoms with E-state index < -0.39 is 23.4 Å². The number of hydrogen-bond acceptors (Lipinski definition) is 2. The van der Waals surface area contributed by atoms with Gasteiger partial charge in [-0.2, -0.15) is 0 Å². The highest BCUT2D eigenvalue weighted by Gasteiger charge is 2.33. The van der Waals surface area contributed by atoms with E-state index in [9.17, 15) is 18.4 Å². The number of benzene rings is 2. The average molecular weight is 320 g/mol. The van der Waals surface area contributed by atoms with Gasteiger partial charge in [-0.1, -0.05) is 23.7 Å². The molecule has 0 saturated carbocycles. The number of carbonyl (C=O) groups is 2. The Morgan fingerprint density at radius 1 is 0.955 bits per heavy atom. The molecule has 1 aliphatic heterocycles. The van der Waals surface area contributed by atoms with E-state index in [1.165, 1.54) is 36.4 Å². The number of imide groups is 1. The van der Waals surface area contributed by atoms with Crippen LogP contribution in [0.15, 0.2) is 48.5 Å². The molecule has 3 nitrogen and oxygen atoms in total. The first-order valence-corrected chi connectivity index (χ1v) is 6.66. The number of amides is 2. The van der Waals surface area contributed by atoms with E-state index >= 15 is 0 Å². The zero-order valence-electron chi connectivity index (χ0n) is 11.0. The minimum atomic E-state index is -0.642. The van der Waals surface area contributed by atoms with Gasteiger partial charge in [0.25, 0.3) is 11.8 Å². The van der Waals surface area contributed by atoms with Crippen LogP contribution in [0.25, 0.3) is 5.57 Å². The van der Waals surface area contributed by atoms with Crippen LogP contribution in [-0.2, 0) is 9.59 Å². The van der Waals surface area contributed by atoms with E-state index in [0.29, 0.717) is 5.56 Å². The van der Waals surface area contributed by atoms with E-state index in [-0.39, 0.29) is 16.3 Å². The van der Waals surface area contributed by atoms with E-state index in [1.54, 1.807) is 0 Å². The highest BCUT2D eigenvalue weighted by atomic mass is 35.5. The summed E-state index contributed by atoms with van der Waals surface area (Å²) in [6.45, 7) is 0. The van der Waals surface area contributed by atoms with Crippen molar-refractivity contribution in [3.63, 3.8) is 0 Å². The Kier molecular flexibility index (Phi) is 3.50. The van der Waals surface area contributed by atoms with Gasteiger partial charge in [-0.25, -0.2) is 13.7 Å². The Balaban J connectivity index is 1.97. The summed E-state index contributed by atoms with van der Waals surface area (Å²) in [6, 6.07) is 8.79. The first-order chi connectivity index (χ1) is 10.5. The second kappa shape index (κ2) is 5.35. The third-order valence-corrected chi connectivity index (χ3v) is 3.53. The van der Waals surface area contributed by atoms with Crippen molar-refractivity contribution in [2.24, 2.45) is 0 Å². The largest absolute Gasteiger partial charge is 0.269 e. The summed E-state index contributed by atoms with van der Waals surface area (Å²) in [5, 5.41) is -0.187. The molecule has 0 saturated heterocycles. The molecule has 0 aromatic heterocycles. The average Bonchev–Trinajstić information content (AvgIpc) is 2.78. The van der Waals surface area contributed by atoms with Gasteiger partial charge in [0.2, 0.25) is 0 Å². The predicted octanol–water partition coefficient (Wildman–Crippen LogP) is 3.58. The Hall–Kier alpha value is -2.53. The quantitative estimate of drug-likeness (QED) is 0.794. The van der Waals surface area contributed by atoms with Crippen molar-refractivity contribution in [3.8, 4) is 0 Å². The smallest absolute Gasteiger partial charge is 0.266 e. The number of hydrogen-bond donors (Lipinski definition) is 0. The molecule has 0 N–H and O–H groups in total. The predicted molar refractivity (Wildman–Crippen MR) is 78.3 cm³/mol. The standard InChI is InChI=1S/C16H8ClF2NO2/c17-13-7-11(5-6-14(13)19)20-15(21)8-12(16(20)22)9-1-3-10(18)4-2-9/h1-8H. The second-order valence-corrected chi connectivity index (χ2v) is 5.05. The molecular weight excluding hydrogens is 312 g/mol. The summed E-state index contributed by atoms with van der Waals surface area (Å²) < 4.78 is 26.1. The molecule has 2 amide bonds. The molecule has 2 aromatic rings. The lowest BCUT2D eigenvalue weighted by Crippen LogP contribution is -2.30. The van der Waals surface area contributed by atoms with Crippen molar-refractivity contribution in [3.05, 3.63) is 70.8 Å². The molecule has 2 aromatic carbocycles. The Labute approximate surface area is 129 Å². The molecule has 110 valence electrons. The number of anilines is 1. The summed E-state index contributed by atoms with van der Waals surface area (Å²) in [4.78, 5) is 25.3. The first-order valence-electron chi connectivity index (χ1n) is 6.28. The van der Waals surface area contributed by atoms with Crippen LogP contribution in [0.4, 0.5) is 14.5 Å². The molecule has 0 unspecified atom stereocenters. The zero-order chi connectivity index (χ0) is 15.9. The minimum Gasteiger partial charge on any atom is -0.269 e. The maximum Gasteiger partial charge on any atom is 0.266 e. The highest BCUT2D eigenvalue weighted by molar-refractivity contribution is 6.43. The molecule has 0 spiro atoms. The van der Waals surface area contributed by atoms with Crippen LogP contribution in [0.2, 0.25) is 5.02 Å². The van der Waals surface area contributed by atoms with Gasteiger partial charge in [-0.05, 0) is 35.9 Å². The molecule has 1 heterocycles. The van der Waals surface area contributed by atoms with Crippen LogP contribution in [-0.4, -0.2) is 11.8 Å². The molecule has 22 heavy (non-hydrogen) atoms. The van der Waals surface area contributed by atoms with E-state index in [2.05, 4.69) is 0 Å². The lowest BCUT2D eigenvalue weighted by Gasteiger charge is -2.15. The fraction of sp³-hybridized carbons (Fsp3) is 0. The molecule has 0 atom stereocenters. The summed E-state index contributed by atoms with van der Waals surface area (Å²) in [7, 11) is 0. The van der Waals surface area contributed by atoms with Gasteiger partial charge in [0.15, 0.2) is 0 Å². The van der Waals surface area contributed by atoms with E-state index in [4.69, 9.17) is 11.6 Å². The van der Waals surface area contributed by atoms with Crippen LogP contribution >= 0.6 is 11.6 Å². The number of carbonyl (C=O) groups excluding carboxylic acids is 2. The van der Waals surface area contributed by atoms with Crippen molar-refractivity contribution in [2.75, 3.05) is 4.90 Å². The number of nitrogens with zero attached hydrogens (tertiary/aromatic N) is 1. The molecule has 6 heteroatoms. The topological polar surface area (TPSA) is 37.4 Å². The van der Waals surface area contributed by atoms with Gasteiger partial charge in [0, 0.05) is 6.08 Å². The number of rotatable bonds is 2. The summed E-state index contributed by atoms with van der Waals surface area (Å²) in [5.41, 5.74) is 0.746. The maximum absolute atomic E-state index is 13.2. The van der Waals surface area contributed by atoms with Gasteiger partial charge >= 0.3 is 0 Å². The molecular formula is C16H8ClF2NO2. The molecule has 0 radical (unpaired) electrons. The van der Waals surface area contributed by atoms with Crippen LogP contribution in [0.5, 0.6) is 0 Å². The molecule has 1 aliphatic rings.